The number of hydrogen-bond acceptors (Lipinski definition) is 2. The molecular weight excluding hydrogens is 303 g/mol. The Morgan fingerprint density at radius 3 is 1.96 bits per heavy atom. The maximum atomic E-state index is 14.1. The van der Waals surface area contributed by atoms with E-state index in [1.165, 1.54) is 38.5 Å². The van der Waals surface area contributed by atoms with Gasteiger partial charge in [-0.3, -0.25) is 4.79 Å². The zero-order valence-electron chi connectivity index (χ0n) is 15.5. The van der Waals surface area contributed by atoms with E-state index >= 15 is 0 Å². The Morgan fingerprint density at radius 1 is 0.833 bits per heavy atom. The van der Waals surface area contributed by atoms with Gasteiger partial charge in [-0.25, -0.2) is 4.39 Å². The van der Waals surface area contributed by atoms with E-state index in [1.54, 1.807) is 0 Å². The molecule has 3 aliphatic rings. The number of halogens is 1. The van der Waals surface area contributed by atoms with E-state index < -0.39 is 12.3 Å². The summed E-state index contributed by atoms with van der Waals surface area (Å²) in [5, 5.41) is 0. The van der Waals surface area contributed by atoms with Gasteiger partial charge in [0.05, 0.1) is 5.92 Å². The molecule has 0 heterocycles. The lowest BCUT2D eigenvalue weighted by Gasteiger charge is -2.37. The fourth-order valence-corrected chi connectivity index (χ4v) is 5.25. The molecule has 142 valence electrons. The minimum absolute atomic E-state index is 0. The van der Waals surface area contributed by atoms with Crippen LogP contribution in [0.5, 0.6) is 0 Å². The molecule has 0 bridgehead atoms. The van der Waals surface area contributed by atoms with Crippen molar-refractivity contribution in [1.29, 1.82) is 0 Å². The van der Waals surface area contributed by atoms with Crippen molar-refractivity contribution in [3.63, 3.8) is 0 Å². The van der Waals surface area contributed by atoms with E-state index in [4.69, 9.17) is 4.74 Å². The summed E-state index contributed by atoms with van der Waals surface area (Å²) >= 11 is 0. The van der Waals surface area contributed by atoms with E-state index in [2.05, 4.69) is 13.8 Å². The van der Waals surface area contributed by atoms with Gasteiger partial charge in [0.25, 0.3) is 0 Å². The van der Waals surface area contributed by atoms with Crippen LogP contribution in [0.15, 0.2) is 0 Å². The molecule has 0 aliphatic heterocycles. The first-order valence-electron chi connectivity index (χ1n) is 10.4. The van der Waals surface area contributed by atoms with Crippen LogP contribution in [0, 0.1) is 29.6 Å². The maximum absolute atomic E-state index is 14.1. The molecule has 3 heteroatoms. The molecule has 3 atom stereocenters. The van der Waals surface area contributed by atoms with E-state index in [0.717, 1.165) is 37.0 Å². The molecule has 0 amide bonds. The minimum atomic E-state index is -0.960. The number of carbonyl (C=O) groups excluding carboxylic acids is 1. The monoisotopic (exact) mass is 342 g/mol. The first-order valence-corrected chi connectivity index (χ1v) is 10.4. The van der Waals surface area contributed by atoms with Crippen molar-refractivity contribution < 1.29 is 16.8 Å². The largest absolute Gasteiger partial charge is 0.459 e. The van der Waals surface area contributed by atoms with Crippen LogP contribution in [0.4, 0.5) is 4.39 Å². The van der Waals surface area contributed by atoms with Gasteiger partial charge in [-0.2, -0.15) is 0 Å². The Bertz CT molecular complexity index is 418. The van der Waals surface area contributed by atoms with Gasteiger partial charge in [0.1, 0.15) is 12.3 Å². The summed E-state index contributed by atoms with van der Waals surface area (Å²) in [5.74, 6) is 2.92. The molecule has 0 saturated heterocycles. The van der Waals surface area contributed by atoms with Gasteiger partial charge in [0.2, 0.25) is 0 Å². The zero-order valence-corrected chi connectivity index (χ0v) is 15.5. The molecular formula is C21H39FO2. The normalized spacial score (nSPS) is 44.0. The second-order valence-electron chi connectivity index (χ2n) is 9.04. The lowest BCUT2D eigenvalue weighted by atomic mass is 9.69. The molecule has 3 unspecified atom stereocenters. The number of hydrogen-bond donors (Lipinski definition) is 0. The quantitative estimate of drug-likeness (QED) is 0.572. The predicted molar refractivity (Wildman–Crippen MR) is 98.6 cm³/mol. The van der Waals surface area contributed by atoms with Gasteiger partial charge in [-0.15, -0.1) is 0 Å². The van der Waals surface area contributed by atoms with Crippen molar-refractivity contribution in [2.24, 2.45) is 29.6 Å². The Morgan fingerprint density at radius 2 is 1.38 bits per heavy atom. The Hall–Kier alpha value is -0.600. The molecule has 24 heavy (non-hydrogen) atoms. The van der Waals surface area contributed by atoms with Crippen LogP contribution in [0.25, 0.3) is 0 Å². The number of rotatable bonds is 3. The summed E-state index contributed by atoms with van der Waals surface area (Å²) in [6.45, 7) is 4.45. The smallest absolute Gasteiger partial charge is 0.309 e. The lowest BCUT2D eigenvalue weighted by molar-refractivity contribution is -0.161. The van der Waals surface area contributed by atoms with Gasteiger partial charge in [0.15, 0.2) is 0 Å². The number of carbonyl (C=O) groups is 1. The van der Waals surface area contributed by atoms with Crippen molar-refractivity contribution in [2.75, 3.05) is 0 Å². The van der Waals surface area contributed by atoms with Crippen molar-refractivity contribution in [2.45, 2.75) is 96.8 Å². The van der Waals surface area contributed by atoms with Crippen LogP contribution in [0.2, 0.25) is 0 Å². The van der Waals surface area contributed by atoms with Crippen LogP contribution in [0.3, 0.4) is 0 Å². The Labute approximate surface area is 149 Å². The average Bonchev–Trinajstić information content (AvgIpc) is 2.58. The van der Waals surface area contributed by atoms with Gasteiger partial charge >= 0.3 is 5.97 Å². The Balaban J connectivity index is 0.00000169. The van der Waals surface area contributed by atoms with Crippen molar-refractivity contribution in [3.05, 3.63) is 0 Å². The minimum Gasteiger partial charge on any atom is -0.459 e. The molecule has 0 aromatic rings. The standard InChI is InChI=1S/C21H35FO2.2H2/c1-14-3-6-16(7-4-14)17-8-10-18(11-9-17)21(23)24-20-12-5-15(2)13-19(20)22;;/h14-20H,3-13H2,1-2H3;2*1H. The predicted octanol–water partition coefficient (Wildman–Crippen LogP) is 6.18. The number of esters is 1. The van der Waals surface area contributed by atoms with Crippen molar-refractivity contribution in [3.8, 4) is 0 Å². The third-order valence-corrected chi connectivity index (χ3v) is 7.07. The van der Waals surface area contributed by atoms with Gasteiger partial charge < -0.3 is 4.74 Å². The van der Waals surface area contributed by atoms with E-state index in [9.17, 15) is 9.18 Å². The van der Waals surface area contributed by atoms with Crippen LogP contribution in [-0.4, -0.2) is 18.2 Å². The van der Waals surface area contributed by atoms with Gasteiger partial charge in [0, 0.05) is 2.85 Å². The molecule has 2 nitrogen and oxygen atoms in total. The highest BCUT2D eigenvalue weighted by atomic mass is 19.1. The van der Waals surface area contributed by atoms with E-state index in [0.29, 0.717) is 18.8 Å². The molecule has 0 aromatic carbocycles. The van der Waals surface area contributed by atoms with Gasteiger partial charge in [-0.1, -0.05) is 26.7 Å². The highest BCUT2D eigenvalue weighted by molar-refractivity contribution is 5.72. The van der Waals surface area contributed by atoms with Crippen LogP contribution in [0.1, 0.15) is 87.3 Å². The van der Waals surface area contributed by atoms with Crippen molar-refractivity contribution >= 4 is 5.97 Å². The highest BCUT2D eigenvalue weighted by Gasteiger charge is 2.36. The van der Waals surface area contributed by atoms with Crippen molar-refractivity contribution in [1.82, 2.24) is 0 Å². The molecule has 0 spiro atoms. The summed E-state index contributed by atoms with van der Waals surface area (Å²) in [7, 11) is 0. The van der Waals surface area contributed by atoms with E-state index in [-0.39, 0.29) is 14.7 Å². The number of alkyl halides is 1. The average molecular weight is 343 g/mol. The topological polar surface area (TPSA) is 26.3 Å². The Kier molecular flexibility index (Phi) is 6.21. The molecule has 3 aliphatic carbocycles. The third kappa shape index (κ3) is 4.52. The fraction of sp³-hybridized carbons (Fsp3) is 0.952. The van der Waals surface area contributed by atoms with Crippen LogP contribution >= 0.6 is 0 Å². The zero-order chi connectivity index (χ0) is 17.1. The first-order chi connectivity index (χ1) is 11.5. The second-order valence-corrected chi connectivity index (χ2v) is 9.04. The molecule has 0 radical (unpaired) electrons. The fourth-order valence-electron chi connectivity index (χ4n) is 5.25. The molecule has 3 fully saturated rings. The van der Waals surface area contributed by atoms with Crippen LogP contribution in [-0.2, 0) is 9.53 Å². The maximum Gasteiger partial charge on any atom is 0.309 e. The third-order valence-electron chi connectivity index (χ3n) is 7.07. The second kappa shape index (κ2) is 8.19. The molecule has 3 rings (SSSR count). The summed E-state index contributed by atoms with van der Waals surface area (Å²) in [4.78, 5) is 12.4. The van der Waals surface area contributed by atoms with E-state index in [1.807, 2.05) is 0 Å². The summed E-state index contributed by atoms with van der Waals surface area (Å²) in [6.07, 6.45) is 10.5. The molecule has 3 saturated carbocycles. The summed E-state index contributed by atoms with van der Waals surface area (Å²) in [5.41, 5.74) is 0. The van der Waals surface area contributed by atoms with Crippen LogP contribution < -0.4 is 0 Å². The number of ether oxygens (including phenoxy) is 1. The summed E-state index contributed by atoms with van der Waals surface area (Å²) in [6, 6.07) is 0. The molecule has 0 N–H and O–H groups in total. The first kappa shape index (κ1) is 18.2. The SMILES string of the molecule is CC1CCC(C2CCC(C(=O)OC3CCC(C)CC3F)CC2)CC1.[HH].[HH]. The van der Waals surface area contributed by atoms with Gasteiger partial charge in [-0.05, 0) is 81.5 Å². The molecule has 0 aromatic heterocycles. The lowest BCUT2D eigenvalue weighted by Crippen LogP contribution is -2.37. The summed E-state index contributed by atoms with van der Waals surface area (Å²) < 4.78 is 19.7. The highest BCUT2D eigenvalue weighted by Crippen LogP contribution is 2.41.